The number of fused-ring (bicyclic) bond motifs is 5. The summed E-state index contributed by atoms with van der Waals surface area (Å²) in [6.45, 7) is 4.81. The predicted octanol–water partition coefficient (Wildman–Crippen LogP) is 4.58. The van der Waals surface area contributed by atoms with Crippen LogP contribution in [0.1, 0.15) is 78.1 Å². The molecule has 5 aliphatic carbocycles. The number of ketones is 1. The van der Waals surface area contributed by atoms with Gasteiger partial charge in [-0.05, 0) is 98.5 Å². The molecule has 28 heavy (non-hydrogen) atoms. The van der Waals surface area contributed by atoms with E-state index in [1.165, 1.54) is 12.0 Å². The van der Waals surface area contributed by atoms with Crippen LogP contribution in [-0.4, -0.2) is 27.7 Å². The fourth-order valence-electron chi connectivity index (χ4n) is 8.54. The van der Waals surface area contributed by atoms with Crippen molar-refractivity contribution < 1.29 is 15.0 Å². The smallest absolute Gasteiger partial charge is 0.159 e. The molecule has 154 valence electrons. The van der Waals surface area contributed by atoms with Gasteiger partial charge in [0.25, 0.3) is 0 Å². The summed E-state index contributed by atoms with van der Waals surface area (Å²) in [6, 6.07) is 0. The van der Waals surface area contributed by atoms with Crippen molar-refractivity contribution in [2.45, 2.75) is 89.8 Å². The van der Waals surface area contributed by atoms with Crippen molar-refractivity contribution in [2.75, 3.05) is 0 Å². The molecule has 5 rings (SSSR count). The molecule has 3 heteroatoms. The minimum atomic E-state index is -0.583. The van der Waals surface area contributed by atoms with Crippen molar-refractivity contribution in [3.8, 4) is 0 Å². The largest absolute Gasteiger partial charge is 0.393 e. The van der Waals surface area contributed by atoms with E-state index >= 15 is 0 Å². The Morgan fingerprint density at radius 3 is 2.54 bits per heavy atom. The second-order valence-electron chi connectivity index (χ2n) is 11.1. The zero-order valence-corrected chi connectivity index (χ0v) is 17.5. The number of carbonyl (C=O) groups is 1. The molecule has 0 aromatic carbocycles. The molecule has 4 fully saturated rings. The molecule has 0 aromatic rings. The van der Waals surface area contributed by atoms with Crippen LogP contribution in [0.2, 0.25) is 0 Å². The van der Waals surface area contributed by atoms with Gasteiger partial charge in [-0.2, -0.15) is 0 Å². The highest BCUT2D eigenvalue weighted by atomic mass is 16.3. The van der Waals surface area contributed by atoms with Crippen molar-refractivity contribution in [3.05, 3.63) is 23.8 Å². The summed E-state index contributed by atoms with van der Waals surface area (Å²) < 4.78 is 0. The zero-order valence-electron chi connectivity index (χ0n) is 17.5. The van der Waals surface area contributed by atoms with Crippen LogP contribution >= 0.6 is 0 Å². The van der Waals surface area contributed by atoms with Gasteiger partial charge in [-0.15, -0.1) is 0 Å². The molecule has 3 nitrogen and oxygen atoms in total. The number of rotatable bonds is 1. The van der Waals surface area contributed by atoms with E-state index in [-0.39, 0.29) is 22.7 Å². The maximum Gasteiger partial charge on any atom is 0.159 e. The molecule has 0 spiro atoms. The maximum absolute atomic E-state index is 12.2. The van der Waals surface area contributed by atoms with Crippen molar-refractivity contribution in [1.82, 2.24) is 0 Å². The van der Waals surface area contributed by atoms with Gasteiger partial charge in [0, 0.05) is 11.8 Å². The lowest BCUT2D eigenvalue weighted by molar-refractivity contribution is -0.207. The fraction of sp³-hybridized carbons (Fsp3) is 0.800. The molecule has 0 aliphatic heterocycles. The first-order valence-corrected chi connectivity index (χ1v) is 11.6. The number of hydrogen-bond acceptors (Lipinski definition) is 3. The molecule has 0 heterocycles. The Morgan fingerprint density at radius 1 is 0.964 bits per heavy atom. The standard InChI is InChI=1S/C25H36O3/c1-23-12-9-19(27)15-17(23)5-8-22-21(23)10-13-24(2)20(11-14-25(22,24)28)16-3-6-18(26)7-4-16/h3-4,6,17,19-22,27-28H,5,7-15H2,1-2H3/t17-,19+,20-,21+,22-,23+,24-,25+/m1/s1. The van der Waals surface area contributed by atoms with E-state index in [1.807, 2.05) is 6.08 Å². The highest BCUT2D eigenvalue weighted by molar-refractivity contribution is 5.92. The molecule has 2 N–H and O–H groups in total. The minimum Gasteiger partial charge on any atom is -0.393 e. The average Bonchev–Trinajstić information content (AvgIpc) is 2.95. The van der Waals surface area contributed by atoms with Crippen LogP contribution < -0.4 is 0 Å². The number of aliphatic hydroxyl groups is 2. The van der Waals surface area contributed by atoms with E-state index in [1.54, 1.807) is 6.08 Å². The molecule has 0 unspecified atom stereocenters. The highest BCUT2D eigenvalue weighted by Crippen LogP contribution is 2.69. The SMILES string of the molecule is C[C@]12CC[C@H](O)C[C@H]1CC[C@@H]1[C@@H]2CC[C@]2(C)[C@@H](C3=CCC(=O)C=C3)CC[C@]12O. The molecule has 5 aliphatic rings. The molecule has 4 saturated carbocycles. The lowest BCUT2D eigenvalue weighted by Gasteiger charge is -2.63. The van der Waals surface area contributed by atoms with Crippen molar-refractivity contribution >= 4 is 5.78 Å². The Kier molecular flexibility index (Phi) is 4.28. The van der Waals surface area contributed by atoms with Crippen LogP contribution in [0, 0.1) is 34.5 Å². The Morgan fingerprint density at radius 2 is 1.79 bits per heavy atom. The van der Waals surface area contributed by atoms with Crippen LogP contribution in [0.5, 0.6) is 0 Å². The van der Waals surface area contributed by atoms with Gasteiger partial charge < -0.3 is 10.2 Å². The summed E-state index contributed by atoms with van der Waals surface area (Å²) in [5, 5.41) is 22.4. The second-order valence-corrected chi connectivity index (χ2v) is 11.1. The molecule has 0 amide bonds. The average molecular weight is 385 g/mol. The summed E-state index contributed by atoms with van der Waals surface area (Å²) >= 11 is 0. The van der Waals surface area contributed by atoms with Gasteiger partial charge in [0.15, 0.2) is 5.78 Å². The van der Waals surface area contributed by atoms with Gasteiger partial charge in [-0.3, -0.25) is 4.79 Å². The van der Waals surface area contributed by atoms with E-state index in [9.17, 15) is 15.0 Å². The van der Waals surface area contributed by atoms with Crippen LogP contribution in [0.25, 0.3) is 0 Å². The quantitative estimate of drug-likeness (QED) is 0.696. The van der Waals surface area contributed by atoms with Crippen molar-refractivity contribution in [1.29, 1.82) is 0 Å². The lowest BCUT2D eigenvalue weighted by atomic mass is 9.43. The van der Waals surface area contributed by atoms with Crippen LogP contribution in [0.4, 0.5) is 0 Å². The van der Waals surface area contributed by atoms with Gasteiger partial charge in [0.2, 0.25) is 0 Å². The van der Waals surface area contributed by atoms with Crippen molar-refractivity contribution in [3.63, 3.8) is 0 Å². The third-order valence-corrected chi connectivity index (χ3v) is 10.2. The van der Waals surface area contributed by atoms with Crippen LogP contribution in [0.15, 0.2) is 23.8 Å². The molecule has 0 aromatic heterocycles. The molecule has 8 atom stereocenters. The molecular weight excluding hydrogens is 348 g/mol. The normalized spacial score (nSPS) is 53.2. The summed E-state index contributed by atoms with van der Waals surface area (Å²) in [7, 11) is 0. The van der Waals surface area contributed by atoms with E-state index in [0.29, 0.717) is 30.1 Å². The van der Waals surface area contributed by atoms with Gasteiger partial charge in [0.1, 0.15) is 0 Å². The lowest BCUT2D eigenvalue weighted by Crippen LogP contribution is -2.62. The first-order valence-electron chi connectivity index (χ1n) is 11.6. The number of aliphatic hydroxyl groups excluding tert-OH is 1. The van der Waals surface area contributed by atoms with Crippen LogP contribution in [-0.2, 0) is 4.79 Å². The third-order valence-electron chi connectivity index (χ3n) is 10.2. The Hall–Kier alpha value is -0.930. The monoisotopic (exact) mass is 384 g/mol. The highest BCUT2D eigenvalue weighted by Gasteiger charge is 2.67. The zero-order chi connectivity index (χ0) is 19.7. The Bertz CT molecular complexity index is 738. The minimum absolute atomic E-state index is 0.0812. The molecular formula is C25H36O3. The third kappa shape index (κ3) is 2.45. The first-order chi connectivity index (χ1) is 13.3. The summed E-state index contributed by atoms with van der Waals surface area (Å²) in [4.78, 5) is 11.6. The van der Waals surface area contributed by atoms with Crippen LogP contribution in [0.3, 0.4) is 0 Å². The van der Waals surface area contributed by atoms with Crippen molar-refractivity contribution in [2.24, 2.45) is 34.5 Å². The van der Waals surface area contributed by atoms with E-state index in [0.717, 1.165) is 51.4 Å². The number of carbonyl (C=O) groups excluding carboxylic acids is 1. The van der Waals surface area contributed by atoms with Gasteiger partial charge >= 0.3 is 0 Å². The van der Waals surface area contributed by atoms with E-state index < -0.39 is 5.60 Å². The predicted molar refractivity (Wildman–Crippen MR) is 110 cm³/mol. The Labute approximate surface area is 169 Å². The van der Waals surface area contributed by atoms with Gasteiger partial charge in [-0.25, -0.2) is 0 Å². The second kappa shape index (κ2) is 6.28. The van der Waals surface area contributed by atoms with Gasteiger partial charge in [-0.1, -0.05) is 26.0 Å². The fourth-order valence-corrected chi connectivity index (χ4v) is 8.54. The van der Waals surface area contributed by atoms with E-state index in [4.69, 9.17) is 0 Å². The molecule has 0 saturated heterocycles. The number of allylic oxidation sites excluding steroid dienone is 4. The summed E-state index contributed by atoms with van der Waals surface area (Å²) in [6.07, 6.45) is 15.8. The summed E-state index contributed by atoms with van der Waals surface area (Å²) in [5.41, 5.74) is 0.911. The molecule has 0 bridgehead atoms. The molecule has 0 radical (unpaired) electrons. The van der Waals surface area contributed by atoms with E-state index in [2.05, 4.69) is 19.9 Å². The maximum atomic E-state index is 12.2. The van der Waals surface area contributed by atoms with Gasteiger partial charge in [0.05, 0.1) is 11.7 Å². The topological polar surface area (TPSA) is 57.5 Å². The first kappa shape index (κ1) is 19.1. The number of hydrogen-bond donors (Lipinski definition) is 2. The summed E-state index contributed by atoms with van der Waals surface area (Å²) in [5.74, 6) is 2.17. The Balaban J connectivity index is 1.46.